The van der Waals surface area contributed by atoms with Gasteiger partial charge in [0.05, 0.1) is 0 Å². The van der Waals surface area contributed by atoms with E-state index in [1.165, 1.54) is 0 Å². The van der Waals surface area contributed by atoms with Crippen LogP contribution in [0.25, 0.3) is 0 Å². The van der Waals surface area contributed by atoms with Gasteiger partial charge in [0, 0.05) is 10.7 Å². The van der Waals surface area contributed by atoms with Crippen LogP contribution in [0.3, 0.4) is 0 Å². The van der Waals surface area contributed by atoms with Gasteiger partial charge in [0.2, 0.25) is 0 Å². The Morgan fingerprint density at radius 1 is 0.786 bits per heavy atom. The van der Waals surface area contributed by atoms with Gasteiger partial charge in [-0.3, -0.25) is 0 Å². The van der Waals surface area contributed by atoms with Crippen molar-refractivity contribution in [1.82, 2.24) is 0 Å². The Balaban J connectivity index is 5.81. The maximum Gasteiger partial charge on any atom is 0.448 e. The maximum atomic E-state index is 12.3. The van der Waals surface area contributed by atoms with E-state index in [9.17, 15) is 39.2 Å². The molecule has 0 heterocycles. The lowest BCUT2D eigenvalue weighted by Gasteiger charge is -2.26. The number of hydrogen-bond acceptors (Lipinski definition) is 2. The highest BCUT2D eigenvalue weighted by Crippen LogP contribution is 2.50. The summed E-state index contributed by atoms with van der Waals surface area (Å²) in [4.78, 5) is 0. The standard InChI is InChI=1S/C3ClF7O2S/c4-14(12,13)1(5,2(6,7)8)3(9,10)11. The van der Waals surface area contributed by atoms with Crippen LogP contribution in [0, 0.1) is 0 Å². The van der Waals surface area contributed by atoms with Gasteiger partial charge in [-0.25, -0.2) is 12.8 Å². The Bertz CT molecular complexity index is 299. The van der Waals surface area contributed by atoms with Crippen molar-refractivity contribution < 1.29 is 39.2 Å². The Morgan fingerprint density at radius 3 is 1.00 bits per heavy atom. The minimum absolute atomic E-state index is 3.77. The second kappa shape index (κ2) is 3.12. The van der Waals surface area contributed by atoms with E-state index in [2.05, 4.69) is 10.7 Å². The van der Waals surface area contributed by atoms with E-state index in [1.807, 2.05) is 0 Å². The summed E-state index contributed by atoms with van der Waals surface area (Å²) in [5.41, 5.74) is 0. The zero-order valence-electron chi connectivity index (χ0n) is 5.75. The average molecular weight is 269 g/mol. The molecule has 14 heavy (non-hydrogen) atoms. The molecule has 0 aromatic rings. The van der Waals surface area contributed by atoms with E-state index in [1.54, 1.807) is 0 Å². The van der Waals surface area contributed by atoms with Crippen LogP contribution in [0.15, 0.2) is 0 Å². The quantitative estimate of drug-likeness (QED) is 0.540. The van der Waals surface area contributed by atoms with Crippen molar-refractivity contribution in [2.24, 2.45) is 0 Å². The lowest BCUT2D eigenvalue weighted by atomic mass is 10.3. The largest absolute Gasteiger partial charge is 0.448 e. The Labute approximate surface area is 77.1 Å². The smallest absolute Gasteiger partial charge is 0.208 e. The molecule has 0 saturated carbocycles. The van der Waals surface area contributed by atoms with Crippen LogP contribution in [-0.2, 0) is 9.05 Å². The van der Waals surface area contributed by atoms with E-state index in [4.69, 9.17) is 0 Å². The first-order valence-corrected chi connectivity index (χ1v) is 4.82. The van der Waals surface area contributed by atoms with Crippen LogP contribution in [0.1, 0.15) is 0 Å². The molecule has 0 aromatic carbocycles. The van der Waals surface area contributed by atoms with Gasteiger partial charge in [-0.05, 0) is 0 Å². The second-order valence-corrected chi connectivity index (χ2v) is 4.69. The molecule has 0 aliphatic rings. The second-order valence-electron chi connectivity index (χ2n) is 2.03. The number of rotatable bonds is 1. The number of alkyl halides is 7. The normalized spacial score (nSPS) is 15.7. The predicted octanol–water partition coefficient (Wildman–Crippen LogP) is 2.35. The topological polar surface area (TPSA) is 34.1 Å². The van der Waals surface area contributed by atoms with Crippen molar-refractivity contribution in [3.8, 4) is 0 Å². The summed E-state index contributed by atoms with van der Waals surface area (Å²) >= 11 is 0. The van der Waals surface area contributed by atoms with Crippen molar-refractivity contribution in [2.75, 3.05) is 0 Å². The van der Waals surface area contributed by atoms with Crippen molar-refractivity contribution in [3.05, 3.63) is 0 Å². The molecule has 0 fully saturated rings. The highest BCUT2D eigenvalue weighted by Gasteiger charge is 2.80. The average Bonchev–Trinajstić information content (AvgIpc) is 1.77. The van der Waals surface area contributed by atoms with Gasteiger partial charge in [0.1, 0.15) is 0 Å². The number of halogens is 8. The molecule has 0 aromatic heterocycles. The molecule has 0 atom stereocenters. The van der Waals surface area contributed by atoms with Crippen LogP contribution in [-0.4, -0.2) is 25.8 Å². The van der Waals surface area contributed by atoms with Crippen LogP contribution in [0.5, 0.6) is 0 Å². The van der Waals surface area contributed by atoms with E-state index in [0.717, 1.165) is 0 Å². The summed E-state index contributed by atoms with van der Waals surface area (Å²) in [5, 5.41) is -6.45. The SMILES string of the molecule is O=S(=O)(Cl)C(F)(C(F)(F)F)C(F)(F)F. The zero-order valence-corrected chi connectivity index (χ0v) is 7.32. The molecule has 0 radical (unpaired) electrons. The summed E-state index contributed by atoms with van der Waals surface area (Å²) < 4.78 is 101. The monoisotopic (exact) mass is 268 g/mol. The Kier molecular flexibility index (Phi) is 3.07. The van der Waals surface area contributed by atoms with Crippen LogP contribution >= 0.6 is 10.7 Å². The first-order valence-electron chi connectivity index (χ1n) is 2.51. The Hall–Kier alpha value is -0.250. The van der Waals surface area contributed by atoms with Gasteiger partial charge in [-0.15, -0.1) is 0 Å². The van der Waals surface area contributed by atoms with Crippen molar-refractivity contribution in [1.29, 1.82) is 0 Å². The van der Waals surface area contributed by atoms with Gasteiger partial charge >= 0.3 is 17.4 Å². The molecular weight excluding hydrogens is 269 g/mol. The first kappa shape index (κ1) is 13.8. The molecule has 0 saturated heterocycles. The van der Waals surface area contributed by atoms with Gasteiger partial charge < -0.3 is 0 Å². The van der Waals surface area contributed by atoms with Gasteiger partial charge in [-0.1, -0.05) is 0 Å². The van der Waals surface area contributed by atoms with Crippen LogP contribution in [0.4, 0.5) is 30.7 Å². The highest BCUT2D eigenvalue weighted by molar-refractivity contribution is 8.14. The third-order valence-electron chi connectivity index (χ3n) is 1.07. The van der Waals surface area contributed by atoms with Gasteiger partial charge in [0.15, 0.2) is 0 Å². The van der Waals surface area contributed by atoms with E-state index in [0.29, 0.717) is 0 Å². The van der Waals surface area contributed by atoms with Crippen LogP contribution < -0.4 is 0 Å². The van der Waals surface area contributed by atoms with E-state index >= 15 is 0 Å². The first-order chi connectivity index (χ1) is 5.75. The molecule has 0 bridgehead atoms. The van der Waals surface area contributed by atoms with E-state index < -0.39 is 26.4 Å². The van der Waals surface area contributed by atoms with Crippen molar-refractivity contribution in [3.63, 3.8) is 0 Å². The third-order valence-corrected chi connectivity index (χ3v) is 2.84. The summed E-state index contributed by atoms with van der Waals surface area (Å²) in [6.45, 7) is 0. The molecule has 0 N–H and O–H groups in total. The predicted molar refractivity (Wildman–Crippen MR) is 30.7 cm³/mol. The molecule has 0 aliphatic carbocycles. The number of hydrogen-bond donors (Lipinski definition) is 0. The zero-order chi connectivity index (χ0) is 12.0. The molecule has 11 heteroatoms. The molecule has 0 rings (SSSR count). The molecule has 86 valence electrons. The molecular formula is C3ClF7O2S. The summed E-state index contributed by atoms with van der Waals surface area (Å²) in [5.74, 6) is 0. The molecule has 0 amide bonds. The third kappa shape index (κ3) is 1.90. The van der Waals surface area contributed by atoms with Gasteiger partial charge in [-0.2, -0.15) is 26.3 Å². The Morgan fingerprint density at radius 2 is 1.00 bits per heavy atom. The minimum Gasteiger partial charge on any atom is -0.208 e. The van der Waals surface area contributed by atoms with Crippen molar-refractivity contribution in [2.45, 2.75) is 17.4 Å². The lowest BCUT2D eigenvalue weighted by Crippen LogP contribution is -2.56. The minimum atomic E-state index is -6.69. The fraction of sp³-hybridized carbons (Fsp3) is 1.00. The molecule has 2 nitrogen and oxygen atoms in total. The molecule has 0 unspecified atom stereocenters. The molecule has 0 spiro atoms. The highest BCUT2D eigenvalue weighted by atomic mass is 35.7. The van der Waals surface area contributed by atoms with Crippen molar-refractivity contribution >= 4 is 19.7 Å². The fourth-order valence-electron chi connectivity index (χ4n) is 0.437. The maximum absolute atomic E-state index is 12.3. The lowest BCUT2D eigenvalue weighted by molar-refractivity contribution is -0.305. The fourth-order valence-corrected chi connectivity index (χ4v) is 1.51. The molecule has 0 aliphatic heterocycles. The van der Waals surface area contributed by atoms with Crippen LogP contribution in [0.2, 0.25) is 0 Å². The summed E-state index contributed by atoms with van der Waals surface area (Å²) in [7, 11) is -2.76. The van der Waals surface area contributed by atoms with E-state index in [-0.39, 0.29) is 0 Å². The van der Waals surface area contributed by atoms with Gasteiger partial charge in [0.25, 0.3) is 9.05 Å². The summed E-state index contributed by atoms with van der Waals surface area (Å²) in [6, 6.07) is 0. The summed E-state index contributed by atoms with van der Waals surface area (Å²) in [6.07, 6.45) is -13.4.